The molecule has 0 aliphatic rings. The summed E-state index contributed by atoms with van der Waals surface area (Å²) in [7, 11) is 3.72. The van der Waals surface area contributed by atoms with E-state index in [1.165, 1.54) is 0 Å². The lowest BCUT2D eigenvalue weighted by atomic mass is 10.2. The molecular weight excluding hydrogens is 180 g/mol. The fourth-order valence-corrected chi connectivity index (χ4v) is 1.39. The van der Waals surface area contributed by atoms with Crippen LogP contribution < -0.4 is 5.73 Å². The van der Waals surface area contributed by atoms with E-state index in [0.717, 1.165) is 11.5 Å². The second-order valence-corrected chi connectivity index (χ2v) is 3.16. The first-order valence-corrected chi connectivity index (χ1v) is 4.27. The van der Waals surface area contributed by atoms with Crippen molar-refractivity contribution in [3.8, 4) is 0 Å². The summed E-state index contributed by atoms with van der Waals surface area (Å²) in [5, 5.41) is 7.61. The van der Waals surface area contributed by atoms with Crippen molar-refractivity contribution < 1.29 is 0 Å². The number of hydrogen-bond acceptors (Lipinski definition) is 4. The van der Waals surface area contributed by atoms with E-state index in [4.69, 9.17) is 5.73 Å². The molecule has 14 heavy (non-hydrogen) atoms. The van der Waals surface area contributed by atoms with Crippen LogP contribution in [0.3, 0.4) is 0 Å². The van der Waals surface area contributed by atoms with Crippen LogP contribution in [0.15, 0.2) is 18.6 Å². The molecule has 2 N–H and O–H groups in total. The fourth-order valence-electron chi connectivity index (χ4n) is 1.39. The standard InChI is InChI=1S/C8H12N6/c1-13-4-3-10-8(13)7(9)6-5-11-12-14(6)2/h3-5,7H,9H2,1-2H3. The number of hydrogen-bond donors (Lipinski definition) is 1. The highest BCUT2D eigenvalue weighted by atomic mass is 15.4. The molecule has 2 rings (SSSR count). The molecule has 0 bridgehead atoms. The van der Waals surface area contributed by atoms with Crippen LogP contribution in [0.5, 0.6) is 0 Å². The molecule has 2 aromatic heterocycles. The molecule has 1 unspecified atom stereocenters. The Morgan fingerprint density at radius 2 is 2.21 bits per heavy atom. The van der Waals surface area contributed by atoms with Crippen LogP contribution in [0.1, 0.15) is 17.6 Å². The Bertz CT molecular complexity index is 388. The molecule has 0 fully saturated rings. The molecule has 0 aliphatic carbocycles. The first-order chi connectivity index (χ1) is 6.70. The lowest BCUT2D eigenvalue weighted by Gasteiger charge is -2.10. The van der Waals surface area contributed by atoms with E-state index >= 15 is 0 Å². The van der Waals surface area contributed by atoms with E-state index in [0.29, 0.717) is 0 Å². The number of imidazole rings is 1. The Morgan fingerprint density at radius 3 is 2.71 bits per heavy atom. The van der Waals surface area contributed by atoms with E-state index < -0.39 is 0 Å². The van der Waals surface area contributed by atoms with Gasteiger partial charge < -0.3 is 10.3 Å². The van der Waals surface area contributed by atoms with E-state index in [2.05, 4.69) is 15.3 Å². The van der Waals surface area contributed by atoms with Gasteiger partial charge in [0.15, 0.2) is 0 Å². The predicted octanol–water partition coefficient (Wildman–Crippen LogP) is -0.403. The van der Waals surface area contributed by atoms with Crippen LogP contribution in [0.25, 0.3) is 0 Å². The maximum absolute atomic E-state index is 6.02. The van der Waals surface area contributed by atoms with Crippen LogP contribution in [-0.2, 0) is 14.1 Å². The van der Waals surface area contributed by atoms with Crippen molar-refractivity contribution in [3.63, 3.8) is 0 Å². The van der Waals surface area contributed by atoms with Crippen molar-refractivity contribution in [3.05, 3.63) is 30.1 Å². The summed E-state index contributed by atoms with van der Waals surface area (Å²) in [6.45, 7) is 0. The SMILES string of the molecule is Cn1ccnc1C(N)c1cnnn1C. The topological polar surface area (TPSA) is 74.6 Å². The van der Waals surface area contributed by atoms with E-state index in [-0.39, 0.29) is 6.04 Å². The zero-order valence-corrected chi connectivity index (χ0v) is 8.12. The predicted molar refractivity (Wildman–Crippen MR) is 50.2 cm³/mol. The highest BCUT2D eigenvalue weighted by Crippen LogP contribution is 2.14. The van der Waals surface area contributed by atoms with Gasteiger partial charge in [0.25, 0.3) is 0 Å². The lowest BCUT2D eigenvalue weighted by molar-refractivity contribution is 0.620. The summed E-state index contributed by atoms with van der Waals surface area (Å²) in [4.78, 5) is 4.18. The summed E-state index contributed by atoms with van der Waals surface area (Å²) in [5.41, 5.74) is 6.87. The molecular formula is C8H12N6. The maximum atomic E-state index is 6.02. The molecule has 2 heterocycles. The van der Waals surface area contributed by atoms with Crippen LogP contribution in [0, 0.1) is 0 Å². The monoisotopic (exact) mass is 192 g/mol. The van der Waals surface area contributed by atoms with Crippen molar-refractivity contribution >= 4 is 0 Å². The molecule has 0 saturated heterocycles. The van der Waals surface area contributed by atoms with E-state index in [1.807, 2.05) is 24.9 Å². The Kier molecular flexibility index (Phi) is 2.05. The van der Waals surface area contributed by atoms with Crippen LogP contribution in [0.4, 0.5) is 0 Å². The van der Waals surface area contributed by atoms with Gasteiger partial charge in [-0.2, -0.15) is 0 Å². The molecule has 0 saturated carbocycles. The third-order valence-corrected chi connectivity index (χ3v) is 2.20. The summed E-state index contributed by atoms with van der Waals surface area (Å²) >= 11 is 0. The third kappa shape index (κ3) is 1.29. The maximum Gasteiger partial charge on any atom is 0.131 e. The smallest absolute Gasteiger partial charge is 0.131 e. The zero-order chi connectivity index (χ0) is 10.1. The quantitative estimate of drug-likeness (QED) is 0.702. The average Bonchev–Trinajstić information content (AvgIpc) is 2.73. The van der Waals surface area contributed by atoms with Crippen molar-refractivity contribution in [2.24, 2.45) is 19.8 Å². The summed E-state index contributed by atoms with van der Waals surface area (Å²) in [6.07, 6.45) is 5.23. The molecule has 6 nitrogen and oxygen atoms in total. The Hall–Kier alpha value is -1.69. The minimum Gasteiger partial charge on any atom is -0.336 e. The molecule has 0 amide bonds. The van der Waals surface area contributed by atoms with Crippen molar-refractivity contribution in [2.75, 3.05) is 0 Å². The summed E-state index contributed by atoms with van der Waals surface area (Å²) in [6, 6.07) is -0.282. The highest BCUT2D eigenvalue weighted by Gasteiger charge is 2.16. The summed E-state index contributed by atoms with van der Waals surface area (Å²) in [5.74, 6) is 0.801. The molecule has 74 valence electrons. The van der Waals surface area contributed by atoms with Crippen LogP contribution in [-0.4, -0.2) is 24.5 Å². The van der Waals surface area contributed by atoms with Crippen molar-refractivity contribution in [2.45, 2.75) is 6.04 Å². The first kappa shape index (κ1) is 8.89. The van der Waals surface area contributed by atoms with Gasteiger partial charge >= 0.3 is 0 Å². The van der Waals surface area contributed by atoms with Gasteiger partial charge in [0.1, 0.15) is 11.9 Å². The third-order valence-electron chi connectivity index (χ3n) is 2.20. The Morgan fingerprint density at radius 1 is 1.43 bits per heavy atom. The number of nitrogens with two attached hydrogens (primary N) is 1. The Labute approximate surface area is 81.4 Å². The molecule has 0 aliphatic heterocycles. The zero-order valence-electron chi connectivity index (χ0n) is 8.12. The van der Waals surface area contributed by atoms with Gasteiger partial charge in [0.2, 0.25) is 0 Å². The number of aromatic nitrogens is 5. The average molecular weight is 192 g/mol. The largest absolute Gasteiger partial charge is 0.336 e. The van der Waals surface area contributed by atoms with Crippen LogP contribution >= 0.6 is 0 Å². The number of rotatable bonds is 2. The van der Waals surface area contributed by atoms with Gasteiger partial charge in [-0.15, -0.1) is 5.10 Å². The highest BCUT2D eigenvalue weighted by molar-refractivity contribution is 5.13. The fraction of sp³-hybridized carbons (Fsp3) is 0.375. The number of nitrogens with zero attached hydrogens (tertiary/aromatic N) is 5. The minimum atomic E-state index is -0.282. The van der Waals surface area contributed by atoms with E-state index in [1.54, 1.807) is 17.1 Å². The van der Waals surface area contributed by atoms with Gasteiger partial charge in [-0.1, -0.05) is 5.21 Å². The normalized spacial score (nSPS) is 13.1. The van der Waals surface area contributed by atoms with Crippen LogP contribution in [0.2, 0.25) is 0 Å². The van der Waals surface area contributed by atoms with E-state index in [9.17, 15) is 0 Å². The van der Waals surface area contributed by atoms with Gasteiger partial charge in [-0.3, -0.25) is 4.68 Å². The Balaban J connectivity index is 2.38. The lowest BCUT2D eigenvalue weighted by Crippen LogP contribution is -2.19. The van der Waals surface area contributed by atoms with Gasteiger partial charge in [0.05, 0.1) is 11.9 Å². The molecule has 1 atom stereocenters. The molecule has 6 heteroatoms. The summed E-state index contributed by atoms with van der Waals surface area (Å²) < 4.78 is 3.54. The van der Waals surface area contributed by atoms with Crippen molar-refractivity contribution in [1.29, 1.82) is 0 Å². The second kappa shape index (κ2) is 3.22. The second-order valence-electron chi connectivity index (χ2n) is 3.16. The molecule has 2 aromatic rings. The van der Waals surface area contributed by atoms with Gasteiger partial charge in [0, 0.05) is 26.5 Å². The number of aryl methyl sites for hydroxylation is 2. The molecule has 0 spiro atoms. The minimum absolute atomic E-state index is 0.282. The first-order valence-electron chi connectivity index (χ1n) is 4.27. The molecule has 0 aromatic carbocycles. The van der Waals surface area contributed by atoms with Gasteiger partial charge in [-0.25, -0.2) is 4.98 Å². The van der Waals surface area contributed by atoms with Crippen molar-refractivity contribution in [1.82, 2.24) is 24.5 Å². The molecule has 0 radical (unpaired) electrons. The van der Waals surface area contributed by atoms with Gasteiger partial charge in [-0.05, 0) is 0 Å².